The summed E-state index contributed by atoms with van der Waals surface area (Å²) in [5.41, 5.74) is 0.774. The second-order valence-corrected chi connectivity index (χ2v) is 5.78. The van der Waals surface area contributed by atoms with E-state index >= 15 is 0 Å². The van der Waals surface area contributed by atoms with E-state index in [1.807, 2.05) is 51.1 Å². The van der Waals surface area contributed by atoms with Crippen LogP contribution in [-0.4, -0.2) is 17.0 Å². The molecule has 0 aliphatic carbocycles. The molecule has 0 aromatic heterocycles. The van der Waals surface area contributed by atoms with Gasteiger partial charge < -0.3 is 10.4 Å². The summed E-state index contributed by atoms with van der Waals surface area (Å²) in [4.78, 5) is 22.8. The van der Waals surface area contributed by atoms with E-state index in [0.29, 0.717) is 0 Å². The maximum absolute atomic E-state index is 11.9. The van der Waals surface area contributed by atoms with Crippen molar-refractivity contribution in [1.29, 1.82) is 0 Å². The van der Waals surface area contributed by atoms with Crippen LogP contribution < -0.4 is 5.32 Å². The van der Waals surface area contributed by atoms with Gasteiger partial charge in [-0.2, -0.15) is 0 Å². The highest BCUT2D eigenvalue weighted by Gasteiger charge is 2.30. The second kappa shape index (κ2) is 5.87. The Morgan fingerprint density at radius 2 is 1.68 bits per heavy atom. The van der Waals surface area contributed by atoms with Crippen molar-refractivity contribution in [2.45, 2.75) is 33.7 Å². The van der Waals surface area contributed by atoms with Crippen molar-refractivity contribution in [3.8, 4) is 0 Å². The summed E-state index contributed by atoms with van der Waals surface area (Å²) in [7, 11) is 0. The highest BCUT2D eigenvalue weighted by molar-refractivity contribution is 5.96. The van der Waals surface area contributed by atoms with Crippen molar-refractivity contribution in [3.05, 3.63) is 35.9 Å². The van der Waals surface area contributed by atoms with E-state index in [0.717, 1.165) is 5.56 Å². The molecule has 1 rings (SSSR count). The van der Waals surface area contributed by atoms with Crippen LogP contribution in [0.4, 0.5) is 0 Å². The molecule has 0 spiro atoms. The van der Waals surface area contributed by atoms with Crippen LogP contribution in [0.15, 0.2) is 30.3 Å². The fourth-order valence-electron chi connectivity index (χ4n) is 1.82. The molecule has 0 heterocycles. The fraction of sp³-hybridized carbons (Fsp3) is 0.467. The molecule has 19 heavy (non-hydrogen) atoms. The molecule has 0 aliphatic rings. The van der Waals surface area contributed by atoms with Crippen molar-refractivity contribution in [3.63, 3.8) is 0 Å². The summed E-state index contributed by atoms with van der Waals surface area (Å²) < 4.78 is 0. The molecule has 2 N–H and O–H groups in total. The number of benzene rings is 1. The van der Waals surface area contributed by atoms with Gasteiger partial charge in [0.25, 0.3) is 0 Å². The minimum absolute atomic E-state index is 0.199. The number of carboxylic acid groups (broad SMARTS) is 1. The molecule has 1 aromatic rings. The van der Waals surface area contributed by atoms with Gasteiger partial charge in [-0.25, -0.2) is 0 Å². The molecule has 4 nitrogen and oxygen atoms in total. The molecule has 0 bridgehead atoms. The van der Waals surface area contributed by atoms with Gasteiger partial charge in [0.1, 0.15) is 5.92 Å². The van der Waals surface area contributed by atoms with Gasteiger partial charge in [0.15, 0.2) is 0 Å². The SMILES string of the molecule is CC(C(=O)O)C(=O)NC(c1ccccc1)C(C)(C)C. The molecule has 0 saturated carbocycles. The number of carboxylic acids is 1. The van der Waals surface area contributed by atoms with Gasteiger partial charge in [-0.3, -0.25) is 9.59 Å². The summed E-state index contributed by atoms with van der Waals surface area (Å²) in [5.74, 6) is -2.62. The Bertz CT molecular complexity index is 448. The zero-order valence-corrected chi connectivity index (χ0v) is 11.8. The molecule has 2 atom stereocenters. The molecule has 0 saturated heterocycles. The molecule has 1 amide bonds. The van der Waals surface area contributed by atoms with Crippen molar-refractivity contribution in [1.82, 2.24) is 5.32 Å². The molecule has 1 aromatic carbocycles. The van der Waals surface area contributed by atoms with Crippen molar-refractivity contribution < 1.29 is 14.7 Å². The van der Waals surface area contributed by atoms with Crippen LogP contribution in [0.2, 0.25) is 0 Å². The van der Waals surface area contributed by atoms with Gasteiger partial charge >= 0.3 is 5.97 Å². The number of rotatable bonds is 4. The Kier molecular flexibility index (Phi) is 4.70. The second-order valence-electron chi connectivity index (χ2n) is 5.78. The van der Waals surface area contributed by atoms with Gasteiger partial charge in [0, 0.05) is 0 Å². The third kappa shape index (κ3) is 4.09. The quantitative estimate of drug-likeness (QED) is 0.821. The number of amides is 1. The zero-order valence-electron chi connectivity index (χ0n) is 11.8. The van der Waals surface area contributed by atoms with Gasteiger partial charge in [0.2, 0.25) is 5.91 Å². The minimum Gasteiger partial charge on any atom is -0.481 e. The lowest BCUT2D eigenvalue weighted by molar-refractivity contribution is -0.146. The normalized spacial score (nSPS) is 14.5. The maximum atomic E-state index is 11.9. The van der Waals surface area contributed by atoms with E-state index in [-0.39, 0.29) is 11.5 Å². The molecule has 104 valence electrons. The predicted molar refractivity (Wildman–Crippen MR) is 73.6 cm³/mol. The Balaban J connectivity index is 2.96. The Morgan fingerprint density at radius 1 is 1.16 bits per heavy atom. The van der Waals surface area contributed by atoms with Crippen LogP contribution in [0, 0.1) is 11.3 Å². The first kappa shape index (κ1) is 15.2. The molecule has 0 aliphatic heterocycles. The Morgan fingerprint density at radius 3 is 2.11 bits per heavy atom. The summed E-state index contributed by atoms with van der Waals surface area (Å²) in [6.45, 7) is 7.42. The van der Waals surface area contributed by atoms with Crippen molar-refractivity contribution >= 4 is 11.9 Å². The monoisotopic (exact) mass is 263 g/mol. The van der Waals surface area contributed by atoms with E-state index in [1.54, 1.807) is 0 Å². The zero-order chi connectivity index (χ0) is 14.6. The summed E-state index contributed by atoms with van der Waals surface area (Å²) in [5, 5.41) is 11.7. The summed E-state index contributed by atoms with van der Waals surface area (Å²) >= 11 is 0. The van der Waals surface area contributed by atoms with Crippen LogP contribution in [0.25, 0.3) is 0 Å². The van der Waals surface area contributed by atoms with Crippen LogP contribution in [0.3, 0.4) is 0 Å². The number of carbonyl (C=O) groups excluding carboxylic acids is 1. The predicted octanol–water partition coefficient (Wildman–Crippen LogP) is 2.61. The van der Waals surface area contributed by atoms with E-state index in [4.69, 9.17) is 5.11 Å². The third-order valence-electron chi connectivity index (χ3n) is 3.05. The largest absolute Gasteiger partial charge is 0.481 e. The molecule has 0 radical (unpaired) electrons. The van der Waals surface area contributed by atoms with Gasteiger partial charge in [-0.05, 0) is 17.9 Å². The lowest BCUT2D eigenvalue weighted by Gasteiger charge is -2.32. The molecular weight excluding hydrogens is 242 g/mol. The Hall–Kier alpha value is -1.84. The van der Waals surface area contributed by atoms with Crippen LogP contribution in [-0.2, 0) is 9.59 Å². The van der Waals surface area contributed by atoms with E-state index in [9.17, 15) is 9.59 Å². The molecular formula is C15H21NO3. The average Bonchev–Trinajstić information content (AvgIpc) is 2.34. The van der Waals surface area contributed by atoms with Crippen LogP contribution in [0.5, 0.6) is 0 Å². The van der Waals surface area contributed by atoms with E-state index in [2.05, 4.69) is 5.32 Å². The first-order valence-electron chi connectivity index (χ1n) is 6.31. The van der Waals surface area contributed by atoms with Gasteiger partial charge in [-0.15, -0.1) is 0 Å². The first-order chi connectivity index (χ1) is 8.73. The maximum Gasteiger partial charge on any atom is 0.315 e. The minimum atomic E-state index is -1.11. The number of carbonyl (C=O) groups is 2. The molecule has 2 unspecified atom stereocenters. The standard InChI is InChI=1S/C15H21NO3/c1-10(14(18)19)13(17)16-12(15(2,3)4)11-8-6-5-7-9-11/h5-10,12H,1-4H3,(H,16,17)(H,18,19). The smallest absolute Gasteiger partial charge is 0.315 e. The van der Waals surface area contributed by atoms with Gasteiger partial charge in [-0.1, -0.05) is 51.1 Å². The highest BCUT2D eigenvalue weighted by atomic mass is 16.4. The fourth-order valence-corrected chi connectivity index (χ4v) is 1.82. The molecule has 0 fully saturated rings. The third-order valence-corrected chi connectivity index (χ3v) is 3.05. The lowest BCUT2D eigenvalue weighted by atomic mass is 9.82. The Labute approximate surface area is 113 Å². The number of aliphatic carboxylic acids is 1. The van der Waals surface area contributed by atoms with Crippen LogP contribution >= 0.6 is 0 Å². The number of hydrogen-bond donors (Lipinski definition) is 2. The van der Waals surface area contributed by atoms with Gasteiger partial charge in [0.05, 0.1) is 6.04 Å². The lowest BCUT2D eigenvalue weighted by Crippen LogP contribution is -2.41. The van der Waals surface area contributed by atoms with E-state index in [1.165, 1.54) is 6.92 Å². The summed E-state index contributed by atoms with van der Waals surface area (Å²) in [6, 6.07) is 9.36. The highest BCUT2D eigenvalue weighted by Crippen LogP contribution is 2.32. The summed E-state index contributed by atoms with van der Waals surface area (Å²) in [6.07, 6.45) is 0. The van der Waals surface area contributed by atoms with E-state index < -0.39 is 17.8 Å². The first-order valence-corrected chi connectivity index (χ1v) is 6.31. The molecule has 4 heteroatoms. The number of hydrogen-bond acceptors (Lipinski definition) is 2. The number of nitrogens with one attached hydrogen (secondary N) is 1. The van der Waals surface area contributed by atoms with Crippen molar-refractivity contribution in [2.75, 3.05) is 0 Å². The topological polar surface area (TPSA) is 66.4 Å². The van der Waals surface area contributed by atoms with Crippen LogP contribution in [0.1, 0.15) is 39.3 Å². The van der Waals surface area contributed by atoms with Crippen molar-refractivity contribution in [2.24, 2.45) is 11.3 Å². The average molecular weight is 263 g/mol.